The molecule has 0 unspecified atom stereocenters. The van der Waals surface area contributed by atoms with Crippen molar-refractivity contribution in [3.8, 4) is 5.82 Å². The van der Waals surface area contributed by atoms with Crippen LogP contribution in [0.4, 0.5) is 10.1 Å². The largest absolute Gasteiger partial charge is 0.378 e. The molecule has 1 aromatic carbocycles. The highest BCUT2D eigenvalue weighted by molar-refractivity contribution is 6.30. The van der Waals surface area contributed by atoms with Gasteiger partial charge in [-0.15, -0.1) is 0 Å². The summed E-state index contributed by atoms with van der Waals surface area (Å²) in [5.74, 6) is 0.287. The summed E-state index contributed by atoms with van der Waals surface area (Å²) in [5.41, 5.74) is 1.72. The summed E-state index contributed by atoms with van der Waals surface area (Å²) in [6.45, 7) is 0.514. The zero-order valence-corrected chi connectivity index (χ0v) is 11.8. The maximum absolute atomic E-state index is 13.1. The Balaban J connectivity index is 1.81. The van der Waals surface area contributed by atoms with Gasteiger partial charge in [0.15, 0.2) is 5.82 Å². The molecule has 0 bridgehead atoms. The van der Waals surface area contributed by atoms with Crippen molar-refractivity contribution in [3.63, 3.8) is 0 Å². The van der Waals surface area contributed by atoms with Crippen molar-refractivity contribution in [2.45, 2.75) is 6.54 Å². The molecule has 0 amide bonds. The standard InChI is InChI=1S/C15H12ClFN4/c16-12-9-11(4-5-13(12)17)10-19-14-3-1-6-18-15(14)21-8-2-7-20-21/h1-9,19H,10H2. The SMILES string of the molecule is Fc1ccc(CNc2cccnc2-n2cccn2)cc1Cl. The average molecular weight is 303 g/mol. The number of rotatable bonds is 4. The summed E-state index contributed by atoms with van der Waals surface area (Å²) in [6, 6.07) is 10.2. The van der Waals surface area contributed by atoms with E-state index in [4.69, 9.17) is 11.6 Å². The van der Waals surface area contributed by atoms with Gasteiger partial charge in [0.25, 0.3) is 0 Å². The van der Waals surface area contributed by atoms with Gasteiger partial charge in [0.05, 0.1) is 10.7 Å². The van der Waals surface area contributed by atoms with Gasteiger partial charge in [-0.25, -0.2) is 14.1 Å². The van der Waals surface area contributed by atoms with E-state index >= 15 is 0 Å². The zero-order valence-electron chi connectivity index (χ0n) is 11.0. The van der Waals surface area contributed by atoms with E-state index in [1.807, 2.05) is 24.4 Å². The first-order valence-corrected chi connectivity index (χ1v) is 6.74. The summed E-state index contributed by atoms with van der Waals surface area (Å²) in [6.07, 6.45) is 5.22. The molecule has 0 radical (unpaired) electrons. The normalized spacial score (nSPS) is 10.6. The van der Waals surface area contributed by atoms with E-state index < -0.39 is 5.82 Å². The van der Waals surface area contributed by atoms with Crippen LogP contribution >= 0.6 is 11.6 Å². The molecule has 0 atom stereocenters. The van der Waals surface area contributed by atoms with E-state index in [-0.39, 0.29) is 5.02 Å². The van der Waals surface area contributed by atoms with Gasteiger partial charge in [0.2, 0.25) is 0 Å². The number of halogens is 2. The number of nitrogens with one attached hydrogen (secondary N) is 1. The van der Waals surface area contributed by atoms with E-state index in [9.17, 15) is 4.39 Å². The molecule has 0 fully saturated rings. The molecule has 0 saturated heterocycles. The summed E-state index contributed by atoms with van der Waals surface area (Å²) < 4.78 is 14.8. The molecular formula is C15H12ClFN4. The van der Waals surface area contributed by atoms with Crippen molar-refractivity contribution in [1.82, 2.24) is 14.8 Å². The third-order valence-electron chi connectivity index (χ3n) is 2.98. The molecular weight excluding hydrogens is 291 g/mol. The Bertz CT molecular complexity index is 743. The number of aromatic nitrogens is 3. The first kappa shape index (κ1) is 13.6. The molecule has 3 aromatic rings. The predicted octanol–water partition coefficient (Wildman–Crippen LogP) is 3.67. The fourth-order valence-electron chi connectivity index (χ4n) is 1.96. The fraction of sp³-hybridized carbons (Fsp3) is 0.0667. The molecule has 0 saturated carbocycles. The lowest BCUT2D eigenvalue weighted by atomic mass is 10.2. The van der Waals surface area contributed by atoms with E-state index in [1.165, 1.54) is 6.07 Å². The highest BCUT2D eigenvalue weighted by Crippen LogP contribution is 2.19. The van der Waals surface area contributed by atoms with Crippen LogP contribution in [0.25, 0.3) is 5.82 Å². The highest BCUT2D eigenvalue weighted by Gasteiger charge is 2.06. The molecule has 4 nitrogen and oxygen atoms in total. The van der Waals surface area contributed by atoms with Crippen LogP contribution in [-0.2, 0) is 6.54 Å². The first-order chi connectivity index (χ1) is 10.2. The summed E-state index contributed by atoms with van der Waals surface area (Å²) >= 11 is 5.78. The number of pyridine rings is 1. The molecule has 21 heavy (non-hydrogen) atoms. The van der Waals surface area contributed by atoms with Crippen molar-refractivity contribution in [2.24, 2.45) is 0 Å². The van der Waals surface area contributed by atoms with E-state index in [0.717, 1.165) is 11.3 Å². The summed E-state index contributed by atoms with van der Waals surface area (Å²) in [4.78, 5) is 4.32. The predicted molar refractivity (Wildman–Crippen MR) is 80.1 cm³/mol. The Labute approximate surface area is 126 Å². The number of anilines is 1. The smallest absolute Gasteiger partial charge is 0.176 e. The van der Waals surface area contributed by atoms with Gasteiger partial charge in [-0.3, -0.25) is 0 Å². The lowest BCUT2D eigenvalue weighted by Gasteiger charge is -2.11. The fourth-order valence-corrected chi connectivity index (χ4v) is 2.16. The minimum absolute atomic E-state index is 0.118. The number of hydrogen-bond donors (Lipinski definition) is 1. The van der Waals surface area contributed by atoms with Gasteiger partial charge < -0.3 is 5.32 Å². The second-order valence-corrected chi connectivity index (χ2v) is 4.83. The van der Waals surface area contributed by atoms with E-state index in [0.29, 0.717) is 12.4 Å². The Hall–Kier alpha value is -2.40. The molecule has 0 spiro atoms. The van der Waals surface area contributed by atoms with Crippen LogP contribution < -0.4 is 5.32 Å². The second kappa shape index (κ2) is 5.93. The van der Waals surface area contributed by atoms with Crippen LogP contribution in [0, 0.1) is 5.82 Å². The molecule has 6 heteroatoms. The van der Waals surface area contributed by atoms with Gasteiger partial charge in [-0.1, -0.05) is 17.7 Å². The first-order valence-electron chi connectivity index (χ1n) is 6.37. The number of nitrogens with zero attached hydrogens (tertiary/aromatic N) is 3. The molecule has 2 heterocycles. The van der Waals surface area contributed by atoms with E-state index in [1.54, 1.807) is 29.2 Å². The average Bonchev–Trinajstić information content (AvgIpc) is 3.03. The molecule has 1 N–H and O–H groups in total. The van der Waals surface area contributed by atoms with Gasteiger partial charge in [-0.2, -0.15) is 5.10 Å². The third-order valence-corrected chi connectivity index (χ3v) is 3.26. The molecule has 3 rings (SSSR count). The monoisotopic (exact) mass is 302 g/mol. The Morgan fingerprint density at radius 2 is 2.10 bits per heavy atom. The van der Waals surface area contributed by atoms with Gasteiger partial charge >= 0.3 is 0 Å². The second-order valence-electron chi connectivity index (χ2n) is 4.43. The number of benzene rings is 1. The lowest BCUT2D eigenvalue weighted by Crippen LogP contribution is -2.06. The van der Waals surface area contributed by atoms with Crippen molar-refractivity contribution < 1.29 is 4.39 Å². The van der Waals surface area contributed by atoms with Crippen LogP contribution in [0.5, 0.6) is 0 Å². The quantitative estimate of drug-likeness (QED) is 0.799. The topological polar surface area (TPSA) is 42.7 Å². The van der Waals surface area contributed by atoms with Crippen molar-refractivity contribution in [1.29, 1.82) is 0 Å². The molecule has 0 aliphatic rings. The molecule has 0 aliphatic heterocycles. The summed E-state index contributed by atoms with van der Waals surface area (Å²) in [7, 11) is 0. The number of hydrogen-bond acceptors (Lipinski definition) is 3. The molecule has 2 aromatic heterocycles. The van der Waals surface area contributed by atoms with Crippen LogP contribution in [0.3, 0.4) is 0 Å². The van der Waals surface area contributed by atoms with Gasteiger partial charge in [0.1, 0.15) is 5.82 Å². The van der Waals surface area contributed by atoms with Crippen LogP contribution in [0.1, 0.15) is 5.56 Å². The van der Waals surface area contributed by atoms with Crippen LogP contribution in [0.2, 0.25) is 5.02 Å². The van der Waals surface area contributed by atoms with Crippen molar-refractivity contribution in [3.05, 3.63) is 71.4 Å². The Morgan fingerprint density at radius 3 is 2.86 bits per heavy atom. The Kier molecular flexibility index (Phi) is 3.83. The summed E-state index contributed by atoms with van der Waals surface area (Å²) in [5, 5.41) is 7.55. The van der Waals surface area contributed by atoms with E-state index in [2.05, 4.69) is 15.4 Å². The van der Waals surface area contributed by atoms with Crippen molar-refractivity contribution >= 4 is 17.3 Å². The lowest BCUT2D eigenvalue weighted by molar-refractivity contribution is 0.627. The van der Waals surface area contributed by atoms with Gasteiger partial charge in [0, 0.05) is 25.1 Å². The molecule has 0 aliphatic carbocycles. The zero-order chi connectivity index (χ0) is 14.7. The Morgan fingerprint density at radius 1 is 1.19 bits per heavy atom. The minimum Gasteiger partial charge on any atom is -0.378 e. The maximum atomic E-state index is 13.1. The minimum atomic E-state index is -0.418. The van der Waals surface area contributed by atoms with Crippen LogP contribution in [-0.4, -0.2) is 14.8 Å². The highest BCUT2D eigenvalue weighted by atomic mass is 35.5. The third kappa shape index (κ3) is 3.03. The van der Waals surface area contributed by atoms with Crippen LogP contribution in [0.15, 0.2) is 55.0 Å². The maximum Gasteiger partial charge on any atom is 0.176 e. The molecule has 106 valence electrons. The van der Waals surface area contributed by atoms with Gasteiger partial charge in [-0.05, 0) is 35.9 Å². The van der Waals surface area contributed by atoms with Crippen molar-refractivity contribution in [2.75, 3.05) is 5.32 Å².